The van der Waals surface area contributed by atoms with E-state index in [2.05, 4.69) is 20.6 Å². The first-order chi connectivity index (χ1) is 18.4. The summed E-state index contributed by atoms with van der Waals surface area (Å²) in [6.45, 7) is 0. The molecule has 5 aromatic rings. The smallest absolute Gasteiger partial charge is 0.254 e. The second-order valence-electron chi connectivity index (χ2n) is 8.63. The molecule has 9 heteroatoms. The van der Waals surface area contributed by atoms with E-state index in [0.717, 1.165) is 40.7 Å². The first kappa shape index (κ1) is 24.8. The minimum atomic E-state index is -1.06. The van der Waals surface area contributed by atoms with E-state index in [1.54, 1.807) is 18.3 Å². The van der Waals surface area contributed by atoms with Crippen LogP contribution in [-0.2, 0) is 11.2 Å². The molecule has 0 aliphatic rings. The highest BCUT2D eigenvalue weighted by Crippen LogP contribution is 2.26. The number of aromatic amines is 1. The average Bonchev–Trinajstić information content (AvgIpc) is 3.33. The Morgan fingerprint density at radius 3 is 2.47 bits per heavy atom. The second-order valence-corrected chi connectivity index (χ2v) is 8.63. The van der Waals surface area contributed by atoms with Gasteiger partial charge in [-0.05, 0) is 59.7 Å². The van der Waals surface area contributed by atoms with E-state index < -0.39 is 35.3 Å². The Kier molecular flexibility index (Phi) is 6.90. The number of hydrogen-bond donors (Lipinski definition) is 3. The molecule has 6 nitrogen and oxygen atoms in total. The Labute approximate surface area is 215 Å². The fraction of sp³-hybridized carbons (Fsp3) is 0.0690. The van der Waals surface area contributed by atoms with Crippen LogP contribution in [0.15, 0.2) is 91.4 Å². The number of fused-ring (bicyclic) bond motifs is 1. The Hall–Kier alpha value is -4.92. The van der Waals surface area contributed by atoms with Crippen LogP contribution in [0.25, 0.3) is 22.0 Å². The molecule has 0 spiro atoms. The molecule has 2 amide bonds. The quantitative estimate of drug-likeness (QED) is 0.263. The number of carbonyl (C=O) groups is 2. The highest BCUT2D eigenvalue weighted by atomic mass is 19.1. The van der Waals surface area contributed by atoms with E-state index in [1.165, 1.54) is 24.5 Å². The molecule has 2 heterocycles. The summed E-state index contributed by atoms with van der Waals surface area (Å²) in [5, 5.41) is 6.25. The molecule has 5 rings (SSSR count). The van der Waals surface area contributed by atoms with Gasteiger partial charge in [0.15, 0.2) is 0 Å². The summed E-state index contributed by atoms with van der Waals surface area (Å²) in [5.41, 5.74) is 1.73. The third-order valence-corrected chi connectivity index (χ3v) is 6.12. The number of rotatable bonds is 7. The van der Waals surface area contributed by atoms with Crippen molar-refractivity contribution in [3.63, 3.8) is 0 Å². The fourth-order valence-electron chi connectivity index (χ4n) is 4.22. The number of nitrogens with zero attached hydrogens (tertiary/aromatic N) is 1. The van der Waals surface area contributed by atoms with Crippen LogP contribution < -0.4 is 10.6 Å². The third-order valence-electron chi connectivity index (χ3n) is 6.12. The summed E-state index contributed by atoms with van der Waals surface area (Å²) in [7, 11) is 0. The first-order valence-corrected chi connectivity index (χ1v) is 11.7. The lowest BCUT2D eigenvalue weighted by atomic mass is 10.0. The Morgan fingerprint density at radius 2 is 1.68 bits per heavy atom. The van der Waals surface area contributed by atoms with Gasteiger partial charge >= 0.3 is 0 Å². The first-order valence-electron chi connectivity index (χ1n) is 11.7. The van der Waals surface area contributed by atoms with Gasteiger partial charge in [0, 0.05) is 47.2 Å². The van der Waals surface area contributed by atoms with Crippen molar-refractivity contribution in [1.29, 1.82) is 0 Å². The standard InChI is InChI=1S/C29H21F3N4O2/c30-19-6-8-24(31)23(15-19)17-5-7-22(25(32)13-17)28(37)36-27(29(38)35-20-9-11-33-12-10-20)14-18-16-34-26-4-2-1-3-21(18)26/h1-13,15-16,27,34H,14H2,(H,36,37)(H,33,35,38). The Bertz CT molecular complexity index is 1640. The van der Waals surface area contributed by atoms with Gasteiger partial charge in [-0.25, -0.2) is 13.2 Å². The minimum Gasteiger partial charge on any atom is -0.361 e. The van der Waals surface area contributed by atoms with E-state index >= 15 is 4.39 Å². The minimum absolute atomic E-state index is 0.0711. The molecule has 1 unspecified atom stereocenters. The Morgan fingerprint density at radius 1 is 0.895 bits per heavy atom. The Balaban J connectivity index is 1.42. The number of aromatic nitrogens is 2. The van der Waals surface area contributed by atoms with Crippen molar-refractivity contribution in [3.8, 4) is 11.1 Å². The van der Waals surface area contributed by atoms with Crippen molar-refractivity contribution in [3.05, 3.63) is 120 Å². The summed E-state index contributed by atoms with van der Waals surface area (Å²) in [6, 6.07) is 16.0. The zero-order valence-electron chi connectivity index (χ0n) is 19.8. The molecule has 0 fully saturated rings. The van der Waals surface area contributed by atoms with Crippen molar-refractivity contribution in [2.24, 2.45) is 0 Å². The van der Waals surface area contributed by atoms with Crippen molar-refractivity contribution in [2.75, 3.05) is 5.32 Å². The lowest BCUT2D eigenvalue weighted by Gasteiger charge is -2.19. The highest BCUT2D eigenvalue weighted by molar-refractivity contribution is 6.02. The molecule has 0 bridgehead atoms. The largest absolute Gasteiger partial charge is 0.361 e. The molecule has 1 atom stereocenters. The van der Waals surface area contributed by atoms with Crippen LogP contribution in [0.1, 0.15) is 15.9 Å². The van der Waals surface area contributed by atoms with Crippen LogP contribution in [0.5, 0.6) is 0 Å². The number of halogens is 3. The number of H-pyrrole nitrogens is 1. The van der Waals surface area contributed by atoms with Gasteiger partial charge in [-0.1, -0.05) is 24.3 Å². The molecule has 0 aliphatic carbocycles. The van der Waals surface area contributed by atoms with Gasteiger partial charge in [-0.15, -0.1) is 0 Å². The fourth-order valence-corrected chi connectivity index (χ4v) is 4.22. The van der Waals surface area contributed by atoms with Gasteiger partial charge in [0.05, 0.1) is 5.56 Å². The maximum atomic E-state index is 15.0. The maximum absolute atomic E-state index is 15.0. The monoisotopic (exact) mass is 514 g/mol. The molecule has 3 aromatic carbocycles. The predicted molar refractivity (Wildman–Crippen MR) is 138 cm³/mol. The van der Waals surface area contributed by atoms with E-state index in [9.17, 15) is 18.4 Å². The molecule has 0 aliphatic heterocycles. The molecular weight excluding hydrogens is 493 g/mol. The maximum Gasteiger partial charge on any atom is 0.254 e. The molecule has 0 saturated carbocycles. The summed E-state index contributed by atoms with van der Waals surface area (Å²) >= 11 is 0. The number of anilines is 1. The van der Waals surface area contributed by atoms with Crippen molar-refractivity contribution in [2.45, 2.75) is 12.5 Å². The van der Waals surface area contributed by atoms with Gasteiger partial charge in [0.1, 0.15) is 23.5 Å². The summed E-state index contributed by atoms with van der Waals surface area (Å²) in [4.78, 5) is 33.4. The van der Waals surface area contributed by atoms with Crippen LogP contribution >= 0.6 is 0 Å². The lowest BCUT2D eigenvalue weighted by molar-refractivity contribution is -0.118. The van der Waals surface area contributed by atoms with Gasteiger partial charge < -0.3 is 15.6 Å². The molecule has 3 N–H and O–H groups in total. The normalized spacial score (nSPS) is 11.8. The summed E-state index contributed by atoms with van der Waals surface area (Å²) in [5.74, 6) is -3.68. The SMILES string of the molecule is O=C(NC(Cc1c[nH]c2ccccc12)C(=O)Nc1ccncc1)c1ccc(-c2cc(F)ccc2F)cc1F. The molecular formula is C29H21F3N4O2. The van der Waals surface area contributed by atoms with Crippen LogP contribution in [0.4, 0.5) is 18.9 Å². The highest BCUT2D eigenvalue weighted by Gasteiger charge is 2.25. The van der Waals surface area contributed by atoms with Crippen LogP contribution in [-0.4, -0.2) is 27.8 Å². The number of para-hydroxylation sites is 1. The van der Waals surface area contributed by atoms with Gasteiger partial charge in [0.2, 0.25) is 5.91 Å². The van der Waals surface area contributed by atoms with Crippen molar-refractivity contribution >= 4 is 28.4 Å². The van der Waals surface area contributed by atoms with Crippen LogP contribution in [0.3, 0.4) is 0 Å². The van der Waals surface area contributed by atoms with Crippen molar-refractivity contribution < 1.29 is 22.8 Å². The predicted octanol–water partition coefficient (Wildman–Crippen LogP) is 5.63. The van der Waals surface area contributed by atoms with E-state index in [1.807, 2.05) is 24.3 Å². The average molecular weight is 515 g/mol. The molecule has 190 valence electrons. The van der Waals surface area contributed by atoms with Crippen LogP contribution in [0.2, 0.25) is 0 Å². The molecule has 0 saturated heterocycles. The number of benzene rings is 3. The number of carbonyl (C=O) groups excluding carboxylic acids is 2. The number of amides is 2. The van der Waals surface area contributed by atoms with Gasteiger partial charge in [0.25, 0.3) is 5.91 Å². The van der Waals surface area contributed by atoms with E-state index in [4.69, 9.17) is 0 Å². The zero-order valence-corrected chi connectivity index (χ0v) is 19.8. The third kappa shape index (κ3) is 5.27. The van der Waals surface area contributed by atoms with Gasteiger partial charge in [-0.2, -0.15) is 0 Å². The van der Waals surface area contributed by atoms with E-state index in [0.29, 0.717) is 5.69 Å². The molecule has 0 radical (unpaired) electrons. The zero-order chi connectivity index (χ0) is 26.6. The molecule has 2 aromatic heterocycles. The number of hydrogen-bond acceptors (Lipinski definition) is 3. The van der Waals surface area contributed by atoms with Crippen molar-refractivity contribution in [1.82, 2.24) is 15.3 Å². The molecule has 38 heavy (non-hydrogen) atoms. The van der Waals surface area contributed by atoms with E-state index in [-0.39, 0.29) is 23.1 Å². The number of pyridine rings is 1. The number of nitrogens with one attached hydrogen (secondary N) is 3. The lowest BCUT2D eigenvalue weighted by Crippen LogP contribution is -2.45. The topological polar surface area (TPSA) is 86.9 Å². The summed E-state index contributed by atoms with van der Waals surface area (Å²) in [6.07, 6.45) is 4.91. The van der Waals surface area contributed by atoms with Crippen LogP contribution in [0, 0.1) is 17.5 Å². The summed E-state index contributed by atoms with van der Waals surface area (Å²) < 4.78 is 42.8. The van der Waals surface area contributed by atoms with Gasteiger partial charge in [-0.3, -0.25) is 14.6 Å². The second kappa shape index (κ2) is 10.6.